The van der Waals surface area contributed by atoms with E-state index in [1.54, 1.807) is 0 Å². The van der Waals surface area contributed by atoms with Gasteiger partial charge in [0.15, 0.2) is 5.03 Å². The fourth-order valence-electron chi connectivity index (χ4n) is 1.60. The van der Waals surface area contributed by atoms with Crippen LogP contribution in [0.15, 0.2) is 17.3 Å². The van der Waals surface area contributed by atoms with Crippen molar-refractivity contribution < 1.29 is 8.42 Å². The number of nitrogens with one attached hydrogen (secondary N) is 2. The molecule has 5 nitrogen and oxygen atoms in total. The maximum Gasteiger partial charge on any atom is 0.258 e. The van der Waals surface area contributed by atoms with Crippen molar-refractivity contribution in [1.29, 1.82) is 0 Å². The summed E-state index contributed by atoms with van der Waals surface area (Å²) in [5.41, 5.74) is -0.453. The van der Waals surface area contributed by atoms with E-state index in [1.165, 1.54) is 12.3 Å². The van der Waals surface area contributed by atoms with Gasteiger partial charge in [-0.15, -0.1) is 11.6 Å². The Bertz CT molecular complexity index is 419. The molecule has 15 heavy (non-hydrogen) atoms. The normalized spacial score (nSPS) is 19.8. The maximum atomic E-state index is 11.8. The summed E-state index contributed by atoms with van der Waals surface area (Å²) in [5, 5.41) is 6.12. The number of H-pyrrole nitrogens is 1. The van der Waals surface area contributed by atoms with Crippen molar-refractivity contribution in [2.24, 2.45) is 0 Å². The first-order chi connectivity index (χ1) is 7.08. The Balaban J connectivity index is 2.18. The maximum absolute atomic E-state index is 11.8. The van der Waals surface area contributed by atoms with Crippen LogP contribution < -0.4 is 4.72 Å². The highest BCUT2D eigenvalue weighted by atomic mass is 35.5. The third-order valence-electron chi connectivity index (χ3n) is 2.68. The number of aromatic nitrogens is 2. The number of hydrogen-bond donors (Lipinski definition) is 2. The van der Waals surface area contributed by atoms with Crippen molar-refractivity contribution in [2.75, 3.05) is 5.88 Å². The molecule has 2 rings (SSSR count). The fourth-order valence-corrected chi connectivity index (χ4v) is 3.38. The van der Waals surface area contributed by atoms with Crippen molar-refractivity contribution in [3.05, 3.63) is 12.3 Å². The summed E-state index contributed by atoms with van der Waals surface area (Å²) >= 11 is 5.77. The predicted molar refractivity (Wildman–Crippen MR) is 56.2 cm³/mol. The number of halogens is 1. The van der Waals surface area contributed by atoms with Crippen LogP contribution >= 0.6 is 11.6 Å². The van der Waals surface area contributed by atoms with Gasteiger partial charge in [-0.3, -0.25) is 5.10 Å². The molecule has 0 atom stereocenters. The molecule has 2 N–H and O–H groups in total. The van der Waals surface area contributed by atoms with Gasteiger partial charge in [-0.05, 0) is 25.3 Å². The monoisotopic (exact) mass is 249 g/mol. The van der Waals surface area contributed by atoms with E-state index in [2.05, 4.69) is 14.9 Å². The number of rotatable bonds is 4. The van der Waals surface area contributed by atoms with Gasteiger partial charge in [-0.2, -0.15) is 5.10 Å². The molecule has 0 aromatic carbocycles. The summed E-state index contributed by atoms with van der Waals surface area (Å²) in [4.78, 5) is 0. The molecule has 0 spiro atoms. The molecular weight excluding hydrogens is 238 g/mol. The van der Waals surface area contributed by atoms with Crippen molar-refractivity contribution in [3.8, 4) is 0 Å². The highest BCUT2D eigenvalue weighted by Gasteiger charge is 2.40. The predicted octanol–water partition coefficient (Wildman–Crippen LogP) is 0.849. The fraction of sp³-hybridized carbons (Fsp3) is 0.625. The number of sulfonamides is 1. The average Bonchev–Trinajstić information content (AvgIpc) is 2.64. The van der Waals surface area contributed by atoms with Gasteiger partial charge >= 0.3 is 0 Å². The quantitative estimate of drug-likeness (QED) is 0.777. The van der Waals surface area contributed by atoms with E-state index in [9.17, 15) is 8.42 Å². The Hall–Kier alpha value is -0.590. The smallest absolute Gasteiger partial charge is 0.258 e. The molecule has 0 amide bonds. The van der Waals surface area contributed by atoms with Gasteiger partial charge in [-0.25, -0.2) is 13.1 Å². The van der Waals surface area contributed by atoms with E-state index in [0.717, 1.165) is 19.3 Å². The SMILES string of the molecule is O=S(=O)(NC1(CCl)CCC1)c1ccn[nH]1. The molecule has 0 unspecified atom stereocenters. The molecule has 7 heteroatoms. The molecule has 1 fully saturated rings. The third kappa shape index (κ3) is 2.02. The Morgan fingerprint density at radius 1 is 1.60 bits per heavy atom. The molecule has 1 saturated carbocycles. The molecule has 84 valence electrons. The van der Waals surface area contributed by atoms with Gasteiger partial charge in [-0.1, -0.05) is 0 Å². The molecule has 1 aromatic rings. The first-order valence-corrected chi connectivity index (χ1v) is 6.69. The molecular formula is C8H12ClN3O2S. The minimum absolute atomic E-state index is 0.0823. The summed E-state index contributed by atoms with van der Waals surface area (Å²) in [6.45, 7) is 0. The van der Waals surface area contributed by atoms with E-state index in [0.29, 0.717) is 5.88 Å². The van der Waals surface area contributed by atoms with Crippen molar-refractivity contribution >= 4 is 21.6 Å². The van der Waals surface area contributed by atoms with Crippen LogP contribution in [0, 0.1) is 0 Å². The minimum Gasteiger partial charge on any atom is -0.266 e. The van der Waals surface area contributed by atoms with Crippen LogP contribution in [0.5, 0.6) is 0 Å². The van der Waals surface area contributed by atoms with Crippen LogP contribution in [-0.4, -0.2) is 30.0 Å². The molecule has 1 heterocycles. The van der Waals surface area contributed by atoms with E-state index in [4.69, 9.17) is 11.6 Å². The first kappa shape index (κ1) is 10.9. The van der Waals surface area contributed by atoms with Crippen molar-refractivity contribution in [2.45, 2.75) is 29.8 Å². The second-order valence-electron chi connectivity index (χ2n) is 3.79. The topological polar surface area (TPSA) is 74.8 Å². The largest absolute Gasteiger partial charge is 0.266 e. The van der Waals surface area contributed by atoms with Crippen LogP contribution in [0.25, 0.3) is 0 Å². The van der Waals surface area contributed by atoms with Crippen LogP contribution in [-0.2, 0) is 10.0 Å². The van der Waals surface area contributed by atoms with Crippen LogP contribution in [0.2, 0.25) is 0 Å². The molecule has 0 radical (unpaired) electrons. The highest BCUT2D eigenvalue weighted by molar-refractivity contribution is 7.89. The van der Waals surface area contributed by atoms with Crippen LogP contribution in [0.4, 0.5) is 0 Å². The van der Waals surface area contributed by atoms with E-state index in [1.807, 2.05) is 0 Å². The molecule has 0 saturated heterocycles. The van der Waals surface area contributed by atoms with E-state index < -0.39 is 15.6 Å². The van der Waals surface area contributed by atoms with Crippen molar-refractivity contribution in [3.63, 3.8) is 0 Å². The Morgan fingerprint density at radius 3 is 2.73 bits per heavy atom. The van der Waals surface area contributed by atoms with Gasteiger partial charge in [0.25, 0.3) is 10.0 Å². The van der Waals surface area contributed by atoms with E-state index in [-0.39, 0.29) is 5.03 Å². The van der Waals surface area contributed by atoms with Gasteiger partial charge in [0, 0.05) is 11.4 Å². The lowest BCUT2D eigenvalue weighted by Gasteiger charge is -2.40. The van der Waals surface area contributed by atoms with Crippen molar-refractivity contribution in [1.82, 2.24) is 14.9 Å². The van der Waals surface area contributed by atoms with E-state index >= 15 is 0 Å². The lowest BCUT2D eigenvalue weighted by atomic mass is 9.79. The van der Waals surface area contributed by atoms with Gasteiger partial charge < -0.3 is 0 Å². The standard InChI is InChI=1S/C8H12ClN3O2S/c9-6-8(3-1-4-8)12-15(13,14)7-2-5-10-11-7/h2,5,12H,1,3-4,6H2,(H,10,11). The Kier molecular flexibility index (Phi) is 2.74. The van der Waals surface area contributed by atoms with Crippen LogP contribution in [0.1, 0.15) is 19.3 Å². The molecule has 0 bridgehead atoms. The first-order valence-electron chi connectivity index (χ1n) is 4.67. The molecule has 1 aliphatic rings. The van der Waals surface area contributed by atoms with Gasteiger partial charge in [0.05, 0.1) is 6.20 Å². The number of nitrogens with zero attached hydrogens (tertiary/aromatic N) is 1. The summed E-state index contributed by atoms with van der Waals surface area (Å²) in [6.07, 6.45) is 4.01. The molecule has 1 aliphatic carbocycles. The molecule has 0 aliphatic heterocycles. The summed E-state index contributed by atoms with van der Waals surface area (Å²) in [5.74, 6) is 0.306. The summed E-state index contributed by atoms with van der Waals surface area (Å²) in [6, 6.07) is 1.42. The lowest BCUT2D eigenvalue weighted by Crippen LogP contribution is -2.54. The zero-order chi connectivity index (χ0) is 10.9. The third-order valence-corrected chi connectivity index (χ3v) is 4.70. The van der Waals surface area contributed by atoms with Gasteiger partial charge in [0.2, 0.25) is 0 Å². The Morgan fingerprint density at radius 2 is 2.33 bits per heavy atom. The average molecular weight is 250 g/mol. The number of hydrogen-bond acceptors (Lipinski definition) is 3. The minimum atomic E-state index is -3.50. The van der Waals surface area contributed by atoms with Gasteiger partial charge in [0.1, 0.15) is 0 Å². The Labute approximate surface area is 93.3 Å². The lowest BCUT2D eigenvalue weighted by molar-refractivity contribution is 0.252. The van der Waals surface area contributed by atoms with Crippen LogP contribution in [0.3, 0.4) is 0 Å². The zero-order valence-corrected chi connectivity index (χ0v) is 9.61. The number of aromatic amines is 1. The molecule has 1 aromatic heterocycles. The highest BCUT2D eigenvalue weighted by Crippen LogP contribution is 2.34. The summed E-state index contributed by atoms with van der Waals surface area (Å²) in [7, 11) is -3.50. The summed E-state index contributed by atoms with van der Waals surface area (Å²) < 4.78 is 26.3. The second-order valence-corrected chi connectivity index (χ2v) is 5.71. The second kappa shape index (κ2) is 3.77. The number of alkyl halides is 1. The zero-order valence-electron chi connectivity index (χ0n) is 8.03.